The van der Waals surface area contributed by atoms with E-state index in [0.717, 1.165) is 24.8 Å². The van der Waals surface area contributed by atoms with E-state index >= 15 is 0 Å². The highest BCUT2D eigenvalue weighted by molar-refractivity contribution is 5.53. The highest BCUT2D eigenvalue weighted by Crippen LogP contribution is 2.22. The van der Waals surface area contributed by atoms with Gasteiger partial charge in [-0.15, -0.1) is 0 Å². The van der Waals surface area contributed by atoms with Crippen LogP contribution in [0.15, 0.2) is 12.1 Å². The van der Waals surface area contributed by atoms with Gasteiger partial charge in [-0.2, -0.15) is 4.98 Å². The molecule has 0 unspecified atom stereocenters. The van der Waals surface area contributed by atoms with Crippen LogP contribution in [0.3, 0.4) is 0 Å². The molecule has 20 heavy (non-hydrogen) atoms. The first-order valence-corrected chi connectivity index (χ1v) is 7.58. The van der Waals surface area contributed by atoms with Crippen molar-refractivity contribution < 1.29 is 4.74 Å². The lowest BCUT2D eigenvalue weighted by Crippen LogP contribution is -2.35. The Morgan fingerprint density at radius 2 is 2.10 bits per heavy atom. The van der Waals surface area contributed by atoms with Crippen molar-refractivity contribution in [3.05, 3.63) is 12.1 Å². The van der Waals surface area contributed by atoms with Crippen molar-refractivity contribution in [1.29, 1.82) is 0 Å². The minimum absolute atomic E-state index is 0.526. The summed E-state index contributed by atoms with van der Waals surface area (Å²) >= 11 is 0. The van der Waals surface area contributed by atoms with Crippen molar-refractivity contribution >= 4 is 11.5 Å². The molecule has 0 spiro atoms. The van der Waals surface area contributed by atoms with Gasteiger partial charge >= 0.3 is 0 Å². The fourth-order valence-electron chi connectivity index (χ4n) is 2.56. The summed E-state index contributed by atoms with van der Waals surface area (Å²) < 4.78 is 5.41. The summed E-state index contributed by atoms with van der Waals surface area (Å²) in [7, 11) is 0. The van der Waals surface area contributed by atoms with Crippen LogP contribution < -0.4 is 15.8 Å². The standard InChI is InChI=1S/C15H26N4O/c1-3-19-9-7-12(8-10-19)11-17-14-6-5-13(16)15(18-14)20-4-2/h5-6,12H,3-4,7-11,16H2,1-2H3,(H,17,18). The topological polar surface area (TPSA) is 63.4 Å². The Labute approximate surface area is 121 Å². The molecule has 1 aliphatic heterocycles. The molecule has 0 aliphatic carbocycles. The van der Waals surface area contributed by atoms with Gasteiger partial charge in [0.25, 0.3) is 0 Å². The van der Waals surface area contributed by atoms with Crippen molar-refractivity contribution in [1.82, 2.24) is 9.88 Å². The Kier molecular flexibility index (Phi) is 5.47. The molecule has 5 heteroatoms. The normalized spacial score (nSPS) is 17.1. The Bertz CT molecular complexity index is 416. The molecule has 5 nitrogen and oxygen atoms in total. The lowest BCUT2D eigenvalue weighted by molar-refractivity contribution is 0.198. The molecule has 112 valence electrons. The maximum absolute atomic E-state index is 5.82. The van der Waals surface area contributed by atoms with Crippen LogP contribution in [-0.2, 0) is 0 Å². The van der Waals surface area contributed by atoms with Gasteiger partial charge in [-0.3, -0.25) is 0 Å². The first-order valence-electron chi connectivity index (χ1n) is 7.58. The monoisotopic (exact) mass is 278 g/mol. The SMILES string of the molecule is CCOc1nc(NCC2CCN(CC)CC2)ccc1N. The van der Waals surface area contributed by atoms with Crippen LogP contribution in [0, 0.1) is 5.92 Å². The summed E-state index contributed by atoms with van der Waals surface area (Å²) in [4.78, 5) is 6.91. The molecule has 0 saturated carbocycles. The van der Waals surface area contributed by atoms with E-state index in [1.165, 1.54) is 25.9 Å². The zero-order valence-corrected chi connectivity index (χ0v) is 12.6. The fourth-order valence-corrected chi connectivity index (χ4v) is 2.56. The van der Waals surface area contributed by atoms with Crippen LogP contribution >= 0.6 is 0 Å². The number of hydrogen-bond acceptors (Lipinski definition) is 5. The van der Waals surface area contributed by atoms with Crippen LogP contribution in [-0.4, -0.2) is 42.7 Å². The zero-order valence-electron chi connectivity index (χ0n) is 12.6. The molecular weight excluding hydrogens is 252 g/mol. The quantitative estimate of drug-likeness (QED) is 0.835. The summed E-state index contributed by atoms with van der Waals surface area (Å²) in [6.45, 7) is 9.30. The van der Waals surface area contributed by atoms with Crippen LogP contribution in [0.5, 0.6) is 5.88 Å². The van der Waals surface area contributed by atoms with Gasteiger partial charge in [0.2, 0.25) is 5.88 Å². The van der Waals surface area contributed by atoms with Crippen molar-refractivity contribution in [2.75, 3.05) is 43.8 Å². The first-order chi connectivity index (χ1) is 9.72. The molecule has 2 heterocycles. The first kappa shape index (κ1) is 14.9. The average molecular weight is 278 g/mol. The predicted molar refractivity (Wildman–Crippen MR) is 83.1 cm³/mol. The molecular formula is C15H26N4O. The highest BCUT2D eigenvalue weighted by atomic mass is 16.5. The Hall–Kier alpha value is -1.49. The smallest absolute Gasteiger partial charge is 0.239 e. The number of ether oxygens (including phenoxy) is 1. The molecule has 0 radical (unpaired) electrons. The number of nitrogen functional groups attached to an aromatic ring is 1. The van der Waals surface area contributed by atoms with Gasteiger partial charge in [0, 0.05) is 6.54 Å². The van der Waals surface area contributed by atoms with E-state index in [1.807, 2.05) is 19.1 Å². The largest absolute Gasteiger partial charge is 0.476 e. The second kappa shape index (κ2) is 7.33. The van der Waals surface area contributed by atoms with E-state index in [9.17, 15) is 0 Å². The number of pyridine rings is 1. The molecule has 3 N–H and O–H groups in total. The summed E-state index contributed by atoms with van der Waals surface area (Å²) in [5, 5.41) is 3.41. The summed E-state index contributed by atoms with van der Waals surface area (Å²) in [6.07, 6.45) is 2.52. The van der Waals surface area contributed by atoms with E-state index in [-0.39, 0.29) is 0 Å². The third-order valence-corrected chi connectivity index (χ3v) is 3.90. The summed E-state index contributed by atoms with van der Waals surface area (Å²) in [5.74, 6) is 2.10. The van der Waals surface area contributed by atoms with Crippen LogP contribution in [0.4, 0.5) is 11.5 Å². The molecule has 0 aromatic carbocycles. The minimum atomic E-state index is 0.526. The van der Waals surface area contributed by atoms with E-state index in [0.29, 0.717) is 18.2 Å². The number of aromatic nitrogens is 1. The molecule has 0 amide bonds. The zero-order chi connectivity index (χ0) is 14.4. The van der Waals surface area contributed by atoms with Gasteiger partial charge < -0.3 is 20.7 Å². The Morgan fingerprint density at radius 3 is 2.75 bits per heavy atom. The highest BCUT2D eigenvalue weighted by Gasteiger charge is 2.17. The van der Waals surface area contributed by atoms with Gasteiger partial charge in [0.15, 0.2) is 0 Å². The van der Waals surface area contributed by atoms with E-state index < -0.39 is 0 Å². The maximum atomic E-state index is 5.82. The molecule has 1 saturated heterocycles. The van der Waals surface area contributed by atoms with E-state index in [2.05, 4.69) is 22.1 Å². The lowest BCUT2D eigenvalue weighted by Gasteiger charge is -2.31. The number of hydrogen-bond donors (Lipinski definition) is 2. The molecule has 0 bridgehead atoms. The van der Waals surface area contributed by atoms with Gasteiger partial charge in [-0.05, 0) is 57.5 Å². The maximum Gasteiger partial charge on any atom is 0.239 e. The van der Waals surface area contributed by atoms with Crippen molar-refractivity contribution in [3.8, 4) is 5.88 Å². The fraction of sp³-hybridized carbons (Fsp3) is 0.667. The number of nitrogens with two attached hydrogens (primary N) is 1. The molecule has 2 rings (SSSR count). The number of nitrogens with zero attached hydrogens (tertiary/aromatic N) is 2. The van der Waals surface area contributed by atoms with Crippen LogP contribution in [0.2, 0.25) is 0 Å². The summed E-state index contributed by atoms with van der Waals surface area (Å²) in [5.41, 5.74) is 6.42. The number of likely N-dealkylation sites (tertiary alicyclic amines) is 1. The second-order valence-corrected chi connectivity index (χ2v) is 5.28. The van der Waals surface area contributed by atoms with Crippen molar-refractivity contribution in [2.24, 2.45) is 5.92 Å². The van der Waals surface area contributed by atoms with Crippen LogP contribution in [0.1, 0.15) is 26.7 Å². The Morgan fingerprint density at radius 1 is 1.35 bits per heavy atom. The van der Waals surface area contributed by atoms with Gasteiger partial charge in [-0.25, -0.2) is 0 Å². The predicted octanol–water partition coefficient (Wildman–Crippen LogP) is 2.21. The molecule has 0 atom stereocenters. The average Bonchev–Trinajstić information content (AvgIpc) is 2.49. The van der Waals surface area contributed by atoms with Crippen molar-refractivity contribution in [2.45, 2.75) is 26.7 Å². The van der Waals surface area contributed by atoms with Gasteiger partial charge in [0.05, 0.1) is 12.3 Å². The Balaban J connectivity index is 1.83. The van der Waals surface area contributed by atoms with Crippen LogP contribution in [0.25, 0.3) is 0 Å². The number of piperidine rings is 1. The molecule has 1 aromatic heterocycles. The molecule has 1 aliphatic rings. The van der Waals surface area contributed by atoms with Gasteiger partial charge in [-0.1, -0.05) is 6.92 Å². The summed E-state index contributed by atoms with van der Waals surface area (Å²) in [6, 6.07) is 3.76. The van der Waals surface area contributed by atoms with E-state index in [4.69, 9.17) is 10.5 Å². The second-order valence-electron chi connectivity index (χ2n) is 5.28. The third kappa shape index (κ3) is 4.00. The number of nitrogens with one attached hydrogen (secondary N) is 1. The third-order valence-electron chi connectivity index (χ3n) is 3.90. The number of anilines is 2. The number of rotatable bonds is 6. The van der Waals surface area contributed by atoms with Crippen molar-refractivity contribution in [3.63, 3.8) is 0 Å². The lowest BCUT2D eigenvalue weighted by atomic mass is 9.97. The molecule has 1 aromatic rings. The van der Waals surface area contributed by atoms with E-state index in [1.54, 1.807) is 0 Å². The minimum Gasteiger partial charge on any atom is -0.476 e. The molecule has 1 fully saturated rings. The van der Waals surface area contributed by atoms with Gasteiger partial charge in [0.1, 0.15) is 5.82 Å².